The van der Waals surface area contributed by atoms with Gasteiger partial charge in [0.1, 0.15) is 5.56 Å². The van der Waals surface area contributed by atoms with Crippen molar-refractivity contribution in [3.63, 3.8) is 0 Å². The van der Waals surface area contributed by atoms with E-state index in [1.165, 1.54) is 13.2 Å². The van der Waals surface area contributed by atoms with Crippen LogP contribution in [0.3, 0.4) is 0 Å². The second-order valence-electron chi connectivity index (χ2n) is 6.10. The van der Waals surface area contributed by atoms with Crippen molar-refractivity contribution in [3.8, 4) is 5.75 Å². The number of amides is 1. The van der Waals surface area contributed by atoms with Crippen LogP contribution in [0.4, 0.5) is 0 Å². The summed E-state index contributed by atoms with van der Waals surface area (Å²) < 4.78 is 11.1. The highest BCUT2D eigenvalue weighted by molar-refractivity contribution is 5.97. The lowest BCUT2D eigenvalue weighted by atomic mass is 10.1. The van der Waals surface area contributed by atoms with Gasteiger partial charge in [-0.25, -0.2) is 4.79 Å². The SMILES string of the molecule is COc1cccc2cc(C(=O)NCC[N+](C)(C)C)c(=O)oc12.[I-]. The van der Waals surface area contributed by atoms with Gasteiger partial charge in [0.15, 0.2) is 11.3 Å². The second-order valence-corrected chi connectivity index (χ2v) is 6.10. The van der Waals surface area contributed by atoms with E-state index in [0.717, 1.165) is 11.0 Å². The zero-order valence-corrected chi connectivity index (χ0v) is 15.8. The molecule has 23 heavy (non-hydrogen) atoms. The molecule has 0 aliphatic heterocycles. The van der Waals surface area contributed by atoms with E-state index in [-0.39, 0.29) is 29.5 Å². The Morgan fingerprint density at radius 2 is 2.00 bits per heavy atom. The van der Waals surface area contributed by atoms with E-state index < -0.39 is 11.5 Å². The molecule has 1 aromatic carbocycles. The summed E-state index contributed by atoms with van der Waals surface area (Å²) in [5.41, 5.74) is -0.320. The lowest BCUT2D eigenvalue weighted by Crippen LogP contribution is -3.00. The Kier molecular flexibility index (Phi) is 6.57. The van der Waals surface area contributed by atoms with Gasteiger partial charge in [-0.3, -0.25) is 4.79 Å². The van der Waals surface area contributed by atoms with Crippen LogP contribution in [-0.4, -0.2) is 51.7 Å². The molecule has 0 aliphatic rings. The van der Waals surface area contributed by atoms with E-state index in [4.69, 9.17) is 9.15 Å². The van der Waals surface area contributed by atoms with Crippen LogP contribution in [0.1, 0.15) is 10.4 Å². The summed E-state index contributed by atoms with van der Waals surface area (Å²) in [6.45, 7) is 1.25. The van der Waals surface area contributed by atoms with Gasteiger partial charge in [-0.1, -0.05) is 12.1 Å². The van der Waals surface area contributed by atoms with Crippen molar-refractivity contribution in [1.82, 2.24) is 5.32 Å². The molecule has 0 spiro atoms. The smallest absolute Gasteiger partial charge is 0.349 e. The molecule has 1 heterocycles. The number of methoxy groups -OCH3 is 1. The summed E-state index contributed by atoms with van der Waals surface area (Å²) in [5.74, 6) is 0.0403. The van der Waals surface area contributed by atoms with Crippen LogP contribution in [0.5, 0.6) is 5.75 Å². The van der Waals surface area contributed by atoms with Crippen LogP contribution in [0.2, 0.25) is 0 Å². The van der Waals surface area contributed by atoms with Gasteiger partial charge < -0.3 is 42.9 Å². The number of rotatable bonds is 5. The van der Waals surface area contributed by atoms with Gasteiger partial charge in [-0.05, 0) is 12.1 Å². The van der Waals surface area contributed by atoms with Gasteiger partial charge in [-0.2, -0.15) is 0 Å². The number of quaternary nitrogens is 1. The number of nitrogens with one attached hydrogen (secondary N) is 1. The molecule has 1 amide bonds. The van der Waals surface area contributed by atoms with Crippen molar-refractivity contribution in [2.75, 3.05) is 41.3 Å². The number of fused-ring (bicyclic) bond motifs is 1. The fraction of sp³-hybridized carbons (Fsp3) is 0.375. The molecule has 2 aromatic rings. The molecule has 0 unspecified atom stereocenters. The highest BCUT2D eigenvalue weighted by Gasteiger charge is 2.16. The minimum absolute atomic E-state index is 0. The maximum Gasteiger partial charge on any atom is 0.349 e. The normalized spacial score (nSPS) is 11.0. The Balaban J connectivity index is 0.00000264. The van der Waals surface area contributed by atoms with Crippen LogP contribution in [0.15, 0.2) is 33.5 Å². The molecule has 0 saturated heterocycles. The largest absolute Gasteiger partial charge is 1.00 e. The van der Waals surface area contributed by atoms with Crippen molar-refractivity contribution in [2.45, 2.75) is 0 Å². The first-order valence-electron chi connectivity index (χ1n) is 7.01. The Morgan fingerprint density at radius 3 is 2.61 bits per heavy atom. The molecule has 0 bridgehead atoms. The summed E-state index contributed by atoms with van der Waals surface area (Å²) in [4.78, 5) is 24.2. The van der Waals surface area contributed by atoms with Crippen molar-refractivity contribution in [1.29, 1.82) is 0 Å². The topological polar surface area (TPSA) is 68.5 Å². The Morgan fingerprint density at radius 1 is 1.30 bits per heavy atom. The minimum atomic E-state index is -0.667. The summed E-state index contributed by atoms with van der Waals surface area (Å²) in [7, 11) is 7.59. The van der Waals surface area contributed by atoms with Gasteiger partial charge in [-0.15, -0.1) is 0 Å². The fourth-order valence-corrected chi connectivity index (χ4v) is 2.04. The zero-order chi connectivity index (χ0) is 16.3. The number of halogens is 1. The van der Waals surface area contributed by atoms with E-state index in [9.17, 15) is 9.59 Å². The molecule has 0 fully saturated rings. The Hall–Kier alpha value is -1.61. The third kappa shape index (κ3) is 4.93. The number of benzene rings is 1. The van der Waals surface area contributed by atoms with Crippen molar-refractivity contribution >= 4 is 16.9 Å². The third-order valence-electron chi connectivity index (χ3n) is 3.26. The Labute approximate surface area is 152 Å². The first-order chi connectivity index (χ1) is 10.3. The molecule has 0 atom stereocenters. The number of carbonyl (C=O) groups is 1. The van der Waals surface area contributed by atoms with E-state index in [2.05, 4.69) is 5.32 Å². The second kappa shape index (κ2) is 7.78. The average Bonchev–Trinajstić information content (AvgIpc) is 2.44. The van der Waals surface area contributed by atoms with E-state index in [1.54, 1.807) is 18.2 Å². The number of nitrogens with zero attached hydrogens (tertiary/aromatic N) is 1. The molecule has 7 heteroatoms. The molecule has 6 nitrogen and oxygen atoms in total. The molecule has 2 rings (SSSR count). The van der Waals surface area contributed by atoms with Crippen LogP contribution >= 0.6 is 0 Å². The summed E-state index contributed by atoms with van der Waals surface area (Å²) >= 11 is 0. The molecule has 0 radical (unpaired) electrons. The highest BCUT2D eigenvalue weighted by atomic mass is 127. The number of carbonyl (C=O) groups excluding carboxylic acids is 1. The fourth-order valence-electron chi connectivity index (χ4n) is 2.04. The molecule has 0 aliphatic carbocycles. The van der Waals surface area contributed by atoms with Crippen LogP contribution < -0.4 is 39.7 Å². The molecular formula is C16H21IN2O4. The van der Waals surface area contributed by atoms with Gasteiger partial charge in [0.2, 0.25) is 0 Å². The number of hydrogen-bond acceptors (Lipinski definition) is 4. The maximum absolute atomic E-state index is 12.1. The van der Waals surface area contributed by atoms with Crippen molar-refractivity contribution in [3.05, 3.63) is 40.2 Å². The number of hydrogen-bond donors (Lipinski definition) is 1. The van der Waals surface area contributed by atoms with Crippen molar-refractivity contribution in [2.24, 2.45) is 0 Å². The van der Waals surface area contributed by atoms with Gasteiger partial charge in [0, 0.05) is 5.39 Å². The predicted molar refractivity (Wildman–Crippen MR) is 84.3 cm³/mol. The first-order valence-corrected chi connectivity index (χ1v) is 7.01. The van der Waals surface area contributed by atoms with E-state index >= 15 is 0 Å². The van der Waals surface area contributed by atoms with E-state index in [1.807, 2.05) is 21.1 Å². The van der Waals surface area contributed by atoms with Crippen LogP contribution in [0, 0.1) is 0 Å². The Bertz CT molecular complexity index is 750. The maximum atomic E-state index is 12.1. The van der Waals surface area contributed by atoms with Crippen LogP contribution in [-0.2, 0) is 0 Å². The average molecular weight is 432 g/mol. The standard InChI is InChI=1S/C16H20N2O4.HI/c1-18(2,3)9-8-17-15(19)12-10-11-6-5-7-13(21-4)14(11)22-16(12)20;/h5-7,10H,8-9H2,1-4H3;1H. The molecule has 0 saturated carbocycles. The minimum Gasteiger partial charge on any atom is -1.00 e. The van der Waals surface area contributed by atoms with Gasteiger partial charge in [0.25, 0.3) is 5.91 Å². The van der Waals surface area contributed by atoms with Gasteiger partial charge >= 0.3 is 5.63 Å². The zero-order valence-electron chi connectivity index (χ0n) is 13.7. The quantitative estimate of drug-likeness (QED) is 0.346. The third-order valence-corrected chi connectivity index (χ3v) is 3.26. The molecule has 1 N–H and O–H groups in total. The number of likely N-dealkylation sites (N-methyl/N-ethyl adjacent to an activating group) is 1. The van der Waals surface area contributed by atoms with Crippen LogP contribution in [0.25, 0.3) is 11.0 Å². The number of para-hydroxylation sites is 1. The summed E-state index contributed by atoms with van der Waals surface area (Å²) in [5, 5.41) is 3.39. The van der Waals surface area contributed by atoms with Crippen molar-refractivity contribution < 1.29 is 42.4 Å². The summed E-state index contributed by atoms with van der Waals surface area (Å²) in [6.07, 6.45) is 0. The molecule has 1 aromatic heterocycles. The highest BCUT2D eigenvalue weighted by Crippen LogP contribution is 2.24. The number of ether oxygens (including phenoxy) is 1. The lowest BCUT2D eigenvalue weighted by Gasteiger charge is -2.23. The first kappa shape index (κ1) is 19.4. The van der Waals surface area contributed by atoms with E-state index in [0.29, 0.717) is 23.3 Å². The molecular weight excluding hydrogens is 411 g/mol. The predicted octanol–water partition coefficient (Wildman–Crippen LogP) is -1.76. The van der Waals surface area contributed by atoms with Gasteiger partial charge in [0.05, 0.1) is 41.3 Å². The lowest BCUT2D eigenvalue weighted by molar-refractivity contribution is -0.869. The summed E-state index contributed by atoms with van der Waals surface area (Å²) in [6, 6.07) is 6.78. The monoisotopic (exact) mass is 432 g/mol. The molecule has 126 valence electrons.